The van der Waals surface area contributed by atoms with Crippen LogP contribution in [0.2, 0.25) is 0 Å². The van der Waals surface area contributed by atoms with Gasteiger partial charge in [-0.25, -0.2) is 0 Å². The number of hydrogen-bond donors (Lipinski definition) is 1. The number of halogens is 1. The summed E-state index contributed by atoms with van der Waals surface area (Å²) in [4.78, 5) is 14.2. The molecule has 0 aliphatic heterocycles. The van der Waals surface area contributed by atoms with Crippen LogP contribution in [0.1, 0.15) is 30.8 Å². The van der Waals surface area contributed by atoms with E-state index in [9.17, 15) is 4.79 Å². The first-order valence-corrected chi connectivity index (χ1v) is 7.05. The van der Waals surface area contributed by atoms with Crippen molar-refractivity contribution in [3.63, 3.8) is 0 Å². The summed E-state index contributed by atoms with van der Waals surface area (Å²) in [5.41, 5.74) is 0.717. The molecular formula is C13H22BrN3O. The van der Waals surface area contributed by atoms with Crippen molar-refractivity contribution in [2.24, 2.45) is 0 Å². The quantitative estimate of drug-likeness (QED) is 0.875. The number of carbonyl (C=O) groups is 1. The fraction of sp³-hybridized carbons (Fsp3) is 0.615. The Morgan fingerprint density at radius 3 is 2.78 bits per heavy atom. The molecule has 1 rings (SSSR count). The first-order valence-electron chi connectivity index (χ1n) is 6.26. The molecule has 0 fully saturated rings. The molecule has 0 aromatic carbocycles. The molecule has 5 heteroatoms. The van der Waals surface area contributed by atoms with Crippen molar-refractivity contribution >= 4 is 21.8 Å². The molecular weight excluding hydrogens is 294 g/mol. The molecule has 1 aromatic heterocycles. The molecule has 0 spiro atoms. The standard InChI is InChI=1S/C13H22BrN3O/c1-5-6-17-9-11(14)7-12(17)13(18)15-8-10(2)16(3)4/h7,9-10H,5-6,8H2,1-4H3,(H,15,18). The van der Waals surface area contributed by atoms with E-state index in [0.717, 1.165) is 23.1 Å². The summed E-state index contributed by atoms with van der Waals surface area (Å²) in [6.07, 6.45) is 2.96. The zero-order chi connectivity index (χ0) is 13.7. The minimum absolute atomic E-state index is 0.0112. The third kappa shape index (κ3) is 4.14. The van der Waals surface area contributed by atoms with Gasteiger partial charge in [0, 0.05) is 29.8 Å². The molecule has 4 nitrogen and oxygen atoms in total. The fourth-order valence-electron chi connectivity index (χ4n) is 1.60. The second kappa shape index (κ2) is 6.95. The van der Waals surface area contributed by atoms with Crippen LogP contribution in [0.5, 0.6) is 0 Å². The Bertz CT molecular complexity index is 401. The average Bonchev–Trinajstić information content (AvgIpc) is 2.67. The predicted molar refractivity (Wildman–Crippen MR) is 77.9 cm³/mol. The predicted octanol–water partition coefficient (Wildman–Crippen LogP) is 2.34. The summed E-state index contributed by atoms with van der Waals surface area (Å²) in [5.74, 6) is -0.0112. The number of aryl methyl sites for hydroxylation is 1. The van der Waals surface area contributed by atoms with Crippen molar-refractivity contribution in [3.8, 4) is 0 Å². The minimum atomic E-state index is -0.0112. The SMILES string of the molecule is CCCn1cc(Br)cc1C(=O)NCC(C)N(C)C. The van der Waals surface area contributed by atoms with E-state index in [2.05, 4.69) is 40.0 Å². The fourth-order valence-corrected chi connectivity index (χ4v) is 2.07. The lowest BCUT2D eigenvalue weighted by Crippen LogP contribution is -2.38. The molecule has 18 heavy (non-hydrogen) atoms. The molecule has 0 saturated carbocycles. The normalized spacial score (nSPS) is 12.8. The first-order chi connectivity index (χ1) is 8.45. The van der Waals surface area contributed by atoms with Crippen molar-refractivity contribution in [2.45, 2.75) is 32.9 Å². The van der Waals surface area contributed by atoms with Gasteiger partial charge in [-0.15, -0.1) is 0 Å². The van der Waals surface area contributed by atoms with Crippen LogP contribution in [0.3, 0.4) is 0 Å². The topological polar surface area (TPSA) is 37.3 Å². The van der Waals surface area contributed by atoms with Gasteiger partial charge in [0.15, 0.2) is 0 Å². The van der Waals surface area contributed by atoms with Crippen molar-refractivity contribution < 1.29 is 4.79 Å². The van der Waals surface area contributed by atoms with Crippen LogP contribution in [0.4, 0.5) is 0 Å². The Morgan fingerprint density at radius 1 is 1.56 bits per heavy atom. The number of rotatable bonds is 6. The highest BCUT2D eigenvalue weighted by molar-refractivity contribution is 9.10. The lowest BCUT2D eigenvalue weighted by atomic mass is 10.3. The number of carbonyl (C=O) groups excluding carboxylic acids is 1. The molecule has 1 amide bonds. The summed E-state index contributed by atoms with van der Waals surface area (Å²) in [5, 5.41) is 2.97. The van der Waals surface area contributed by atoms with Gasteiger partial charge in [-0.3, -0.25) is 4.79 Å². The van der Waals surface area contributed by atoms with Crippen LogP contribution < -0.4 is 5.32 Å². The monoisotopic (exact) mass is 315 g/mol. The van der Waals surface area contributed by atoms with Crippen LogP contribution in [0.15, 0.2) is 16.7 Å². The molecule has 1 aromatic rings. The molecule has 1 atom stereocenters. The van der Waals surface area contributed by atoms with Crippen molar-refractivity contribution in [1.29, 1.82) is 0 Å². The molecule has 1 unspecified atom stereocenters. The van der Waals surface area contributed by atoms with Gasteiger partial charge in [0.25, 0.3) is 5.91 Å². The summed E-state index contributed by atoms with van der Waals surface area (Å²) in [6, 6.07) is 2.19. The zero-order valence-corrected chi connectivity index (χ0v) is 13.1. The molecule has 0 saturated heterocycles. The minimum Gasteiger partial charge on any atom is -0.349 e. The highest BCUT2D eigenvalue weighted by atomic mass is 79.9. The summed E-state index contributed by atoms with van der Waals surface area (Å²) in [7, 11) is 4.01. The van der Waals surface area contributed by atoms with E-state index in [1.54, 1.807) is 0 Å². The Morgan fingerprint density at radius 2 is 2.22 bits per heavy atom. The first kappa shape index (κ1) is 15.2. The molecule has 0 aliphatic rings. The Balaban J connectivity index is 2.66. The van der Waals surface area contributed by atoms with E-state index >= 15 is 0 Å². The van der Waals surface area contributed by atoms with E-state index < -0.39 is 0 Å². The maximum Gasteiger partial charge on any atom is 0.268 e. The molecule has 0 aliphatic carbocycles. The highest BCUT2D eigenvalue weighted by Gasteiger charge is 2.14. The van der Waals surface area contributed by atoms with Crippen LogP contribution >= 0.6 is 15.9 Å². The van der Waals surface area contributed by atoms with Crippen LogP contribution in [0.25, 0.3) is 0 Å². The van der Waals surface area contributed by atoms with Crippen molar-refractivity contribution in [3.05, 3.63) is 22.4 Å². The smallest absolute Gasteiger partial charge is 0.268 e. The lowest BCUT2D eigenvalue weighted by Gasteiger charge is -2.20. The van der Waals surface area contributed by atoms with Gasteiger partial charge in [-0.1, -0.05) is 6.92 Å². The molecule has 1 heterocycles. The Kier molecular flexibility index (Phi) is 5.88. The molecule has 0 radical (unpaired) electrons. The Labute approximate surface area is 117 Å². The lowest BCUT2D eigenvalue weighted by molar-refractivity contribution is 0.0934. The third-order valence-electron chi connectivity index (χ3n) is 3.00. The van der Waals surface area contributed by atoms with E-state index in [1.807, 2.05) is 30.9 Å². The van der Waals surface area contributed by atoms with Gasteiger partial charge >= 0.3 is 0 Å². The van der Waals surface area contributed by atoms with Crippen LogP contribution in [-0.4, -0.2) is 42.1 Å². The summed E-state index contributed by atoms with van der Waals surface area (Å²) < 4.78 is 2.93. The van der Waals surface area contributed by atoms with Gasteiger partial charge in [-0.2, -0.15) is 0 Å². The number of nitrogens with zero attached hydrogens (tertiary/aromatic N) is 2. The second-order valence-corrected chi connectivity index (χ2v) is 5.68. The Hall–Kier alpha value is -0.810. The van der Waals surface area contributed by atoms with Gasteiger partial charge in [0.2, 0.25) is 0 Å². The largest absolute Gasteiger partial charge is 0.349 e. The number of amides is 1. The van der Waals surface area contributed by atoms with Crippen molar-refractivity contribution in [2.75, 3.05) is 20.6 Å². The van der Waals surface area contributed by atoms with E-state index in [4.69, 9.17) is 0 Å². The van der Waals surface area contributed by atoms with Crippen LogP contribution in [-0.2, 0) is 6.54 Å². The summed E-state index contributed by atoms with van der Waals surface area (Å²) >= 11 is 3.42. The average molecular weight is 316 g/mol. The molecule has 0 bridgehead atoms. The van der Waals surface area contributed by atoms with Crippen LogP contribution in [0, 0.1) is 0 Å². The van der Waals surface area contributed by atoms with E-state index in [-0.39, 0.29) is 5.91 Å². The highest BCUT2D eigenvalue weighted by Crippen LogP contribution is 2.15. The van der Waals surface area contributed by atoms with Gasteiger partial charge in [-0.05, 0) is 49.4 Å². The molecule has 102 valence electrons. The van der Waals surface area contributed by atoms with Gasteiger partial charge < -0.3 is 14.8 Å². The maximum absolute atomic E-state index is 12.1. The zero-order valence-electron chi connectivity index (χ0n) is 11.5. The van der Waals surface area contributed by atoms with Crippen molar-refractivity contribution in [1.82, 2.24) is 14.8 Å². The second-order valence-electron chi connectivity index (χ2n) is 4.76. The number of likely N-dealkylation sites (N-methyl/N-ethyl adjacent to an activating group) is 1. The van der Waals surface area contributed by atoms with Gasteiger partial charge in [0.05, 0.1) is 0 Å². The maximum atomic E-state index is 12.1. The summed E-state index contributed by atoms with van der Waals surface area (Å²) in [6.45, 7) is 5.70. The van der Waals surface area contributed by atoms with Gasteiger partial charge in [0.1, 0.15) is 5.69 Å². The number of hydrogen-bond acceptors (Lipinski definition) is 2. The van der Waals surface area contributed by atoms with E-state index in [1.165, 1.54) is 0 Å². The molecule has 1 N–H and O–H groups in total. The number of nitrogens with one attached hydrogen (secondary N) is 1. The number of aromatic nitrogens is 1. The third-order valence-corrected chi connectivity index (χ3v) is 3.43. The van der Waals surface area contributed by atoms with E-state index in [0.29, 0.717) is 12.6 Å².